The van der Waals surface area contributed by atoms with Crippen LogP contribution in [0.1, 0.15) is 40.0 Å². The van der Waals surface area contributed by atoms with Crippen molar-refractivity contribution in [2.45, 2.75) is 31.9 Å². The number of rotatable bonds is 6. The van der Waals surface area contributed by atoms with Crippen LogP contribution in [0.25, 0.3) is 11.1 Å². The molecule has 1 aliphatic rings. The third kappa shape index (κ3) is 4.08. The highest BCUT2D eigenvalue weighted by Crippen LogP contribution is 2.28. The summed E-state index contributed by atoms with van der Waals surface area (Å²) in [7, 11) is 1.57. The van der Waals surface area contributed by atoms with Gasteiger partial charge in [-0.25, -0.2) is 9.78 Å². The van der Waals surface area contributed by atoms with Gasteiger partial charge < -0.3 is 29.5 Å². The molecule has 1 saturated heterocycles. The van der Waals surface area contributed by atoms with Crippen molar-refractivity contribution < 1.29 is 23.8 Å². The summed E-state index contributed by atoms with van der Waals surface area (Å²) in [6, 6.07) is 4.88. The van der Waals surface area contributed by atoms with Gasteiger partial charge in [0.2, 0.25) is 0 Å². The van der Waals surface area contributed by atoms with Gasteiger partial charge in [0.1, 0.15) is 11.1 Å². The number of aromatic nitrogens is 3. The van der Waals surface area contributed by atoms with Crippen LogP contribution in [-0.2, 0) is 11.2 Å². The Kier molecular flexibility index (Phi) is 5.84. The van der Waals surface area contributed by atoms with Crippen molar-refractivity contribution in [3.63, 3.8) is 0 Å². The highest BCUT2D eigenvalue weighted by molar-refractivity contribution is 6.30. The standard InChI is InChI=1S/C20H22ClN5O5/c1-3-11-16(21)25-17(22-11)18(27)23-12-7-8-26(9-14(12)30-2)20-24-13-6-4-5-10(19(28)29)15(13)31-20/h4-6,12,14H,3,7-9H2,1-2H3,(H,22,25)(H,23,27)(H,28,29). The van der Waals surface area contributed by atoms with Gasteiger partial charge in [-0.2, -0.15) is 4.98 Å². The molecule has 0 radical (unpaired) electrons. The lowest BCUT2D eigenvalue weighted by molar-refractivity contribution is 0.0530. The third-order valence-electron chi connectivity index (χ3n) is 5.38. The minimum atomic E-state index is -1.08. The Morgan fingerprint density at radius 3 is 2.90 bits per heavy atom. The Balaban J connectivity index is 1.48. The molecule has 1 fully saturated rings. The van der Waals surface area contributed by atoms with E-state index in [1.807, 2.05) is 11.8 Å². The van der Waals surface area contributed by atoms with Gasteiger partial charge >= 0.3 is 5.97 Å². The molecular formula is C20H22ClN5O5. The number of fused-ring (bicyclic) bond motifs is 1. The molecule has 3 aromatic rings. The molecular weight excluding hydrogens is 426 g/mol. The van der Waals surface area contributed by atoms with E-state index in [-0.39, 0.29) is 35.0 Å². The molecule has 2 aromatic heterocycles. The molecule has 0 saturated carbocycles. The number of H-pyrrole nitrogens is 1. The molecule has 164 valence electrons. The lowest BCUT2D eigenvalue weighted by atomic mass is 10.0. The molecule has 0 aliphatic carbocycles. The maximum atomic E-state index is 12.6. The second-order valence-electron chi connectivity index (χ2n) is 7.25. The second kappa shape index (κ2) is 8.56. The fourth-order valence-electron chi connectivity index (χ4n) is 3.70. The van der Waals surface area contributed by atoms with Gasteiger partial charge in [0, 0.05) is 13.7 Å². The number of piperidine rings is 1. The van der Waals surface area contributed by atoms with Crippen molar-refractivity contribution in [1.82, 2.24) is 20.3 Å². The first-order valence-corrected chi connectivity index (χ1v) is 10.2. The molecule has 31 heavy (non-hydrogen) atoms. The minimum Gasteiger partial charge on any atom is -0.478 e. The molecule has 11 heteroatoms. The van der Waals surface area contributed by atoms with E-state index in [0.29, 0.717) is 48.3 Å². The van der Waals surface area contributed by atoms with Crippen molar-refractivity contribution in [3.05, 3.63) is 40.4 Å². The minimum absolute atomic E-state index is 0.0604. The van der Waals surface area contributed by atoms with Crippen LogP contribution in [0.4, 0.5) is 6.01 Å². The first-order chi connectivity index (χ1) is 14.9. The number of nitrogens with one attached hydrogen (secondary N) is 2. The summed E-state index contributed by atoms with van der Waals surface area (Å²) in [6.45, 7) is 2.87. The molecule has 1 aromatic carbocycles. The summed E-state index contributed by atoms with van der Waals surface area (Å²) in [5.41, 5.74) is 1.48. The number of carboxylic acid groups (broad SMARTS) is 1. The number of hydrogen-bond acceptors (Lipinski definition) is 7. The van der Waals surface area contributed by atoms with Gasteiger partial charge in [-0.15, -0.1) is 0 Å². The summed E-state index contributed by atoms with van der Waals surface area (Å²) in [5.74, 6) is -1.26. The summed E-state index contributed by atoms with van der Waals surface area (Å²) in [4.78, 5) is 37.4. The molecule has 2 unspecified atom stereocenters. The molecule has 4 rings (SSSR count). The lowest BCUT2D eigenvalue weighted by Gasteiger charge is -2.37. The van der Waals surface area contributed by atoms with Gasteiger partial charge in [0.15, 0.2) is 16.6 Å². The number of benzene rings is 1. The number of methoxy groups -OCH3 is 1. The van der Waals surface area contributed by atoms with Crippen LogP contribution in [-0.4, -0.2) is 64.3 Å². The van der Waals surface area contributed by atoms with Gasteiger partial charge in [-0.1, -0.05) is 24.6 Å². The van der Waals surface area contributed by atoms with Gasteiger partial charge in [0.05, 0.1) is 24.4 Å². The monoisotopic (exact) mass is 447 g/mol. The van der Waals surface area contributed by atoms with Crippen molar-refractivity contribution in [3.8, 4) is 0 Å². The van der Waals surface area contributed by atoms with Crippen LogP contribution in [0.5, 0.6) is 0 Å². The number of imidazole rings is 1. The SMILES string of the molecule is CCc1[nH]c(C(=O)NC2CCN(c3nc4cccc(C(=O)O)c4o3)CC2OC)nc1Cl. The number of halogens is 1. The number of aromatic carboxylic acids is 1. The molecule has 2 atom stereocenters. The number of aromatic amines is 1. The van der Waals surface area contributed by atoms with Crippen molar-refractivity contribution >= 4 is 40.6 Å². The number of carbonyl (C=O) groups excluding carboxylic acids is 1. The maximum absolute atomic E-state index is 12.6. The molecule has 10 nitrogen and oxygen atoms in total. The average Bonchev–Trinajstić information content (AvgIpc) is 3.36. The number of ether oxygens (including phenoxy) is 1. The summed E-state index contributed by atoms with van der Waals surface area (Å²) >= 11 is 6.03. The summed E-state index contributed by atoms with van der Waals surface area (Å²) in [6.07, 6.45) is 0.888. The van der Waals surface area contributed by atoms with Gasteiger partial charge in [0.25, 0.3) is 11.9 Å². The predicted molar refractivity (Wildman–Crippen MR) is 113 cm³/mol. The van der Waals surface area contributed by atoms with Crippen molar-refractivity contribution in [2.24, 2.45) is 0 Å². The largest absolute Gasteiger partial charge is 0.478 e. The van der Waals surface area contributed by atoms with Crippen LogP contribution >= 0.6 is 11.6 Å². The smallest absolute Gasteiger partial charge is 0.339 e. The van der Waals surface area contributed by atoms with Crippen LogP contribution in [0.2, 0.25) is 5.15 Å². The Hall–Kier alpha value is -3.11. The molecule has 1 aliphatic heterocycles. The van der Waals surface area contributed by atoms with Gasteiger partial charge in [-0.3, -0.25) is 4.79 Å². The van der Waals surface area contributed by atoms with E-state index < -0.39 is 5.97 Å². The molecule has 0 bridgehead atoms. The van der Waals surface area contributed by atoms with E-state index in [0.717, 1.165) is 0 Å². The second-order valence-corrected chi connectivity index (χ2v) is 7.61. The van der Waals surface area contributed by atoms with E-state index in [1.54, 1.807) is 19.2 Å². The van der Waals surface area contributed by atoms with Crippen molar-refractivity contribution in [1.29, 1.82) is 0 Å². The number of amides is 1. The molecule has 0 spiro atoms. The zero-order valence-electron chi connectivity index (χ0n) is 17.0. The van der Waals surface area contributed by atoms with Gasteiger partial charge in [-0.05, 0) is 25.0 Å². The zero-order valence-corrected chi connectivity index (χ0v) is 17.8. The fraction of sp³-hybridized carbons (Fsp3) is 0.400. The Morgan fingerprint density at radius 1 is 1.42 bits per heavy atom. The number of hydrogen-bond donors (Lipinski definition) is 3. The first-order valence-electron chi connectivity index (χ1n) is 9.87. The molecule has 1 amide bonds. The van der Waals surface area contributed by atoms with E-state index in [1.165, 1.54) is 6.07 Å². The van der Waals surface area contributed by atoms with E-state index in [9.17, 15) is 14.7 Å². The number of carboxylic acids is 1. The first kappa shape index (κ1) is 21.1. The highest BCUT2D eigenvalue weighted by Gasteiger charge is 2.33. The van der Waals surface area contributed by atoms with Crippen LogP contribution in [0.15, 0.2) is 22.6 Å². The molecule has 3 heterocycles. The van der Waals surface area contributed by atoms with E-state index in [4.69, 9.17) is 20.8 Å². The number of aryl methyl sites for hydroxylation is 1. The average molecular weight is 448 g/mol. The normalized spacial score (nSPS) is 19.0. The number of anilines is 1. The number of oxazole rings is 1. The zero-order chi connectivity index (χ0) is 22.1. The van der Waals surface area contributed by atoms with E-state index >= 15 is 0 Å². The van der Waals surface area contributed by atoms with E-state index in [2.05, 4.69) is 20.3 Å². The number of nitrogens with zero attached hydrogens (tertiary/aromatic N) is 3. The Labute approximate surface area is 182 Å². The third-order valence-corrected chi connectivity index (χ3v) is 5.69. The Morgan fingerprint density at radius 2 is 2.23 bits per heavy atom. The molecule has 3 N–H and O–H groups in total. The summed E-state index contributed by atoms with van der Waals surface area (Å²) in [5, 5.41) is 12.6. The quantitative estimate of drug-likeness (QED) is 0.524. The maximum Gasteiger partial charge on any atom is 0.339 e. The predicted octanol–water partition coefficient (Wildman–Crippen LogP) is 2.49. The lowest BCUT2D eigenvalue weighted by Crippen LogP contribution is -2.55. The summed E-state index contributed by atoms with van der Waals surface area (Å²) < 4.78 is 11.4. The van der Waals surface area contributed by atoms with Crippen molar-refractivity contribution in [2.75, 3.05) is 25.1 Å². The number of carbonyl (C=O) groups is 2. The fourth-order valence-corrected chi connectivity index (χ4v) is 3.97. The van der Waals surface area contributed by atoms with Crippen LogP contribution in [0.3, 0.4) is 0 Å². The van der Waals surface area contributed by atoms with Crippen LogP contribution in [0, 0.1) is 0 Å². The topological polar surface area (TPSA) is 134 Å². The Bertz CT molecular complexity index is 1130. The van der Waals surface area contributed by atoms with Crippen LogP contribution < -0.4 is 10.2 Å². The highest BCUT2D eigenvalue weighted by atomic mass is 35.5. The number of para-hydroxylation sites is 1.